The average Bonchev–Trinajstić information content (AvgIpc) is 2.39. The van der Waals surface area contributed by atoms with Crippen LogP contribution < -0.4 is 5.73 Å². The van der Waals surface area contributed by atoms with Gasteiger partial charge in [0.15, 0.2) is 0 Å². The molecule has 2 rings (SSSR count). The molecule has 0 aliphatic carbocycles. The van der Waals surface area contributed by atoms with E-state index in [0.29, 0.717) is 0 Å². The minimum atomic E-state index is -3.84. The Labute approximate surface area is 110 Å². The standard InChI is InChI=1S/C10H13N3O5S/c11-10-7-18-5-4-12(10)19(16,17)9-3-1-2-8(6-9)13(14)15/h1-3,6,10H,4-5,7,11H2. The van der Waals surface area contributed by atoms with Crippen molar-refractivity contribution < 1.29 is 18.1 Å². The molecular formula is C10H13N3O5S. The van der Waals surface area contributed by atoms with E-state index >= 15 is 0 Å². The first-order chi connectivity index (χ1) is 8.93. The molecule has 0 aromatic heterocycles. The zero-order valence-corrected chi connectivity index (χ0v) is 10.7. The summed E-state index contributed by atoms with van der Waals surface area (Å²) in [4.78, 5) is 9.89. The predicted molar refractivity (Wildman–Crippen MR) is 65.8 cm³/mol. The minimum Gasteiger partial charge on any atom is -0.377 e. The molecule has 1 aromatic carbocycles. The highest BCUT2D eigenvalue weighted by Crippen LogP contribution is 2.22. The van der Waals surface area contributed by atoms with Crippen molar-refractivity contribution in [2.45, 2.75) is 11.1 Å². The molecule has 0 bridgehead atoms. The number of hydrogen-bond acceptors (Lipinski definition) is 6. The van der Waals surface area contributed by atoms with E-state index in [4.69, 9.17) is 10.5 Å². The number of hydrogen-bond donors (Lipinski definition) is 1. The molecular weight excluding hydrogens is 274 g/mol. The summed E-state index contributed by atoms with van der Waals surface area (Å²) in [5, 5.41) is 10.7. The molecule has 1 fully saturated rings. The number of sulfonamides is 1. The van der Waals surface area contributed by atoms with E-state index in [0.717, 1.165) is 10.4 Å². The van der Waals surface area contributed by atoms with Gasteiger partial charge in [-0.25, -0.2) is 8.42 Å². The molecule has 2 N–H and O–H groups in total. The maximum Gasteiger partial charge on any atom is 0.270 e. The summed E-state index contributed by atoms with van der Waals surface area (Å²) in [5.41, 5.74) is 5.41. The van der Waals surface area contributed by atoms with Crippen LogP contribution in [-0.4, -0.2) is 43.6 Å². The molecule has 1 atom stereocenters. The Morgan fingerprint density at radius 1 is 1.47 bits per heavy atom. The highest BCUT2D eigenvalue weighted by molar-refractivity contribution is 7.89. The number of morpholine rings is 1. The third-order valence-corrected chi connectivity index (χ3v) is 4.67. The van der Waals surface area contributed by atoms with Crippen LogP contribution in [0.5, 0.6) is 0 Å². The molecule has 19 heavy (non-hydrogen) atoms. The monoisotopic (exact) mass is 287 g/mol. The van der Waals surface area contributed by atoms with Gasteiger partial charge in [0.2, 0.25) is 10.0 Å². The zero-order chi connectivity index (χ0) is 14.0. The molecule has 1 heterocycles. The zero-order valence-electron chi connectivity index (χ0n) is 9.93. The fourth-order valence-corrected chi connectivity index (χ4v) is 3.32. The number of nitro groups is 1. The number of non-ortho nitro benzene ring substituents is 1. The van der Waals surface area contributed by atoms with Crippen molar-refractivity contribution in [2.24, 2.45) is 5.73 Å². The third-order valence-electron chi connectivity index (χ3n) is 2.75. The molecule has 1 aliphatic rings. The molecule has 1 aliphatic heterocycles. The lowest BCUT2D eigenvalue weighted by Crippen LogP contribution is -2.53. The van der Waals surface area contributed by atoms with Crippen LogP contribution in [0.4, 0.5) is 5.69 Å². The van der Waals surface area contributed by atoms with Gasteiger partial charge in [0.1, 0.15) is 0 Å². The van der Waals surface area contributed by atoms with Gasteiger partial charge in [0.05, 0.1) is 29.2 Å². The lowest BCUT2D eigenvalue weighted by molar-refractivity contribution is -0.385. The van der Waals surface area contributed by atoms with Gasteiger partial charge in [-0.2, -0.15) is 4.31 Å². The van der Waals surface area contributed by atoms with Crippen LogP contribution in [0.2, 0.25) is 0 Å². The molecule has 1 unspecified atom stereocenters. The molecule has 1 saturated heterocycles. The average molecular weight is 287 g/mol. The van der Waals surface area contributed by atoms with Crippen molar-refractivity contribution in [1.29, 1.82) is 0 Å². The van der Waals surface area contributed by atoms with E-state index in [1.165, 1.54) is 18.2 Å². The topological polar surface area (TPSA) is 116 Å². The van der Waals surface area contributed by atoms with Crippen LogP contribution in [0.1, 0.15) is 0 Å². The Balaban J connectivity index is 2.38. The first kappa shape index (κ1) is 13.9. The second-order valence-corrected chi connectivity index (χ2v) is 5.90. The van der Waals surface area contributed by atoms with E-state index < -0.39 is 21.1 Å². The van der Waals surface area contributed by atoms with Crippen LogP contribution in [0.15, 0.2) is 29.2 Å². The molecule has 0 amide bonds. The minimum absolute atomic E-state index is 0.105. The maximum absolute atomic E-state index is 12.3. The van der Waals surface area contributed by atoms with Crippen molar-refractivity contribution in [2.75, 3.05) is 19.8 Å². The first-order valence-electron chi connectivity index (χ1n) is 5.52. The smallest absolute Gasteiger partial charge is 0.270 e. The van der Waals surface area contributed by atoms with Crippen LogP contribution in [0.25, 0.3) is 0 Å². The van der Waals surface area contributed by atoms with E-state index in [1.807, 2.05) is 0 Å². The fourth-order valence-electron chi connectivity index (χ4n) is 1.80. The summed E-state index contributed by atoms with van der Waals surface area (Å²) in [6.07, 6.45) is -0.780. The lowest BCUT2D eigenvalue weighted by atomic mass is 10.3. The fraction of sp³-hybridized carbons (Fsp3) is 0.400. The largest absolute Gasteiger partial charge is 0.377 e. The van der Waals surface area contributed by atoms with Gasteiger partial charge < -0.3 is 10.5 Å². The highest BCUT2D eigenvalue weighted by atomic mass is 32.2. The van der Waals surface area contributed by atoms with Crippen molar-refractivity contribution in [1.82, 2.24) is 4.31 Å². The van der Waals surface area contributed by atoms with Gasteiger partial charge in [0, 0.05) is 18.7 Å². The molecule has 0 spiro atoms. The van der Waals surface area contributed by atoms with Gasteiger partial charge in [-0.1, -0.05) is 6.07 Å². The van der Waals surface area contributed by atoms with Gasteiger partial charge in [-0.15, -0.1) is 0 Å². The van der Waals surface area contributed by atoms with Crippen LogP contribution in [0, 0.1) is 10.1 Å². The summed E-state index contributed by atoms with van der Waals surface area (Å²) in [6.45, 7) is 0.488. The maximum atomic E-state index is 12.3. The number of benzene rings is 1. The Bertz CT molecular complexity index is 589. The molecule has 0 saturated carbocycles. The highest BCUT2D eigenvalue weighted by Gasteiger charge is 2.32. The normalized spacial score (nSPS) is 21.2. The Hall–Kier alpha value is -1.55. The van der Waals surface area contributed by atoms with Gasteiger partial charge >= 0.3 is 0 Å². The van der Waals surface area contributed by atoms with Crippen LogP contribution in [-0.2, 0) is 14.8 Å². The third kappa shape index (κ3) is 2.73. The number of ether oxygens (including phenoxy) is 1. The second-order valence-electron chi connectivity index (χ2n) is 4.01. The van der Waals surface area contributed by atoms with Gasteiger partial charge in [-0.05, 0) is 6.07 Å². The van der Waals surface area contributed by atoms with E-state index in [9.17, 15) is 18.5 Å². The Morgan fingerprint density at radius 3 is 2.84 bits per heavy atom. The molecule has 0 radical (unpaired) electrons. The van der Waals surface area contributed by atoms with Gasteiger partial charge in [0.25, 0.3) is 5.69 Å². The number of nitrogens with two attached hydrogens (primary N) is 1. The van der Waals surface area contributed by atoms with E-state index in [-0.39, 0.29) is 30.3 Å². The van der Waals surface area contributed by atoms with Crippen LogP contribution in [0.3, 0.4) is 0 Å². The number of nitrogens with zero attached hydrogens (tertiary/aromatic N) is 2. The summed E-state index contributed by atoms with van der Waals surface area (Å²) in [5.74, 6) is 0. The molecule has 9 heteroatoms. The van der Waals surface area contributed by atoms with Crippen molar-refractivity contribution in [3.05, 3.63) is 34.4 Å². The van der Waals surface area contributed by atoms with Crippen LogP contribution >= 0.6 is 0 Å². The number of nitro benzene ring substituents is 1. The van der Waals surface area contributed by atoms with Gasteiger partial charge in [-0.3, -0.25) is 10.1 Å². The summed E-state index contributed by atoms with van der Waals surface area (Å²) in [7, 11) is -3.84. The second kappa shape index (κ2) is 5.21. The SMILES string of the molecule is NC1COCCN1S(=O)(=O)c1cccc([N+](=O)[O-])c1. The summed E-state index contributed by atoms with van der Waals surface area (Å²) >= 11 is 0. The quantitative estimate of drug-likeness (QED) is 0.613. The Kier molecular flexibility index (Phi) is 3.80. The molecule has 8 nitrogen and oxygen atoms in total. The van der Waals surface area contributed by atoms with Crippen molar-refractivity contribution in [3.8, 4) is 0 Å². The molecule has 1 aromatic rings. The summed E-state index contributed by atoms with van der Waals surface area (Å²) in [6, 6.07) is 4.90. The van der Waals surface area contributed by atoms with E-state index in [2.05, 4.69) is 0 Å². The van der Waals surface area contributed by atoms with Crippen molar-refractivity contribution in [3.63, 3.8) is 0 Å². The predicted octanol–water partition coefficient (Wildman–Crippen LogP) is -0.0995. The lowest BCUT2D eigenvalue weighted by Gasteiger charge is -2.31. The number of rotatable bonds is 3. The van der Waals surface area contributed by atoms with Crippen molar-refractivity contribution >= 4 is 15.7 Å². The first-order valence-corrected chi connectivity index (χ1v) is 6.96. The molecule has 104 valence electrons. The Morgan fingerprint density at radius 2 is 2.21 bits per heavy atom. The van der Waals surface area contributed by atoms with E-state index in [1.54, 1.807) is 0 Å². The summed E-state index contributed by atoms with van der Waals surface area (Å²) < 4.78 is 30.8.